The van der Waals surface area contributed by atoms with Crippen LogP contribution in [0.3, 0.4) is 0 Å². The molecule has 0 saturated heterocycles. The van der Waals surface area contributed by atoms with Crippen molar-refractivity contribution in [3.05, 3.63) is 34.7 Å². The molecule has 1 atom stereocenters. The van der Waals surface area contributed by atoms with Crippen LogP contribution in [-0.2, 0) is 0 Å². The van der Waals surface area contributed by atoms with Crippen molar-refractivity contribution in [3.63, 3.8) is 0 Å². The minimum Gasteiger partial charge on any atom is -0.322 e. The molecule has 5 heteroatoms. The Hall–Kier alpha value is -1.30. The first-order chi connectivity index (χ1) is 9.28. The molecule has 3 nitrogen and oxygen atoms in total. The standard InChI is InChI=1S/C14H15N3S2/c1-2-5-9(15)13-17-11(8-18-13)14-16-10-6-3-4-7-12(10)19-14/h3-4,6-9H,2,5,15H2,1H3. The van der Waals surface area contributed by atoms with E-state index in [9.17, 15) is 0 Å². The molecule has 0 bridgehead atoms. The van der Waals surface area contributed by atoms with E-state index < -0.39 is 0 Å². The summed E-state index contributed by atoms with van der Waals surface area (Å²) in [4.78, 5) is 9.26. The molecular formula is C14H15N3S2. The van der Waals surface area contributed by atoms with Gasteiger partial charge in [-0.25, -0.2) is 9.97 Å². The number of rotatable bonds is 4. The average molecular weight is 289 g/mol. The molecule has 3 aromatic rings. The molecular weight excluding hydrogens is 274 g/mol. The fourth-order valence-electron chi connectivity index (χ4n) is 1.97. The summed E-state index contributed by atoms with van der Waals surface area (Å²) in [5, 5.41) is 4.05. The highest BCUT2D eigenvalue weighted by Gasteiger charge is 2.13. The summed E-state index contributed by atoms with van der Waals surface area (Å²) < 4.78 is 1.20. The lowest BCUT2D eigenvalue weighted by molar-refractivity contribution is 0.635. The van der Waals surface area contributed by atoms with Gasteiger partial charge in [0.2, 0.25) is 0 Å². The summed E-state index contributed by atoms with van der Waals surface area (Å²) in [7, 11) is 0. The van der Waals surface area contributed by atoms with E-state index in [0.29, 0.717) is 0 Å². The zero-order chi connectivity index (χ0) is 13.2. The Morgan fingerprint density at radius 3 is 2.89 bits per heavy atom. The fourth-order valence-corrected chi connectivity index (χ4v) is 3.81. The first kappa shape index (κ1) is 12.7. The summed E-state index contributed by atoms with van der Waals surface area (Å²) in [5.41, 5.74) is 8.09. The second kappa shape index (κ2) is 5.36. The van der Waals surface area contributed by atoms with Crippen LogP contribution in [0.15, 0.2) is 29.6 Å². The van der Waals surface area contributed by atoms with E-state index in [0.717, 1.165) is 34.1 Å². The van der Waals surface area contributed by atoms with Crippen molar-refractivity contribution >= 4 is 32.9 Å². The molecule has 19 heavy (non-hydrogen) atoms. The first-order valence-electron chi connectivity index (χ1n) is 6.35. The van der Waals surface area contributed by atoms with Gasteiger partial charge in [0.15, 0.2) is 0 Å². The van der Waals surface area contributed by atoms with E-state index in [2.05, 4.69) is 28.3 Å². The summed E-state index contributed by atoms with van der Waals surface area (Å²) >= 11 is 3.31. The van der Waals surface area contributed by atoms with Crippen molar-refractivity contribution < 1.29 is 0 Å². The Bertz CT molecular complexity index is 654. The third kappa shape index (κ3) is 2.54. The van der Waals surface area contributed by atoms with Crippen LogP contribution in [0.1, 0.15) is 30.8 Å². The predicted octanol–water partition coefficient (Wildman–Crippen LogP) is 4.22. The number of benzene rings is 1. The lowest BCUT2D eigenvalue weighted by Gasteiger charge is -2.04. The molecule has 0 saturated carbocycles. The van der Waals surface area contributed by atoms with Gasteiger partial charge in [-0.05, 0) is 18.6 Å². The molecule has 0 aliphatic carbocycles. The van der Waals surface area contributed by atoms with Gasteiger partial charge in [0, 0.05) is 5.38 Å². The molecule has 2 aromatic heterocycles. The molecule has 0 spiro atoms. The first-order valence-corrected chi connectivity index (χ1v) is 8.04. The molecule has 3 rings (SSSR count). The summed E-state index contributed by atoms with van der Waals surface area (Å²) in [6.45, 7) is 2.14. The highest BCUT2D eigenvalue weighted by Crippen LogP contribution is 2.32. The van der Waals surface area contributed by atoms with Crippen LogP contribution in [0, 0.1) is 0 Å². The Balaban J connectivity index is 1.93. The smallest absolute Gasteiger partial charge is 0.143 e. The lowest BCUT2D eigenvalue weighted by atomic mass is 10.2. The molecule has 0 radical (unpaired) electrons. The summed E-state index contributed by atoms with van der Waals surface area (Å²) in [6, 6.07) is 8.22. The zero-order valence-corrected chi connectivity index (χ0v) is 12.3. The highest BCUT2D eigenvalue weighted by atomic mass is 32.1. The third-order valence-electron chi connectivity index (χ3n) is 2.95. The Kier molecular flexibility index (Phi) is 3.59. The monoisotopic (exact) mass is 289 g/mol. The van der Waals surface area contributed by atoms with Crippen LogP contribution in [0.2, 0.25) is 0 Å². The maximum atomic E-state index is 6.10. The number of fused-ring (bicyclic) bond motifs is 1. The maximum Gasteiger partial charge on any atom is 0.143 e. The quantitative estimate of drug-likeness (QED) is 0.782. The van der Waals surface area contributed by atoms with E-state index in [-0.39, 0.29) is 6.04 Å². The van der Waals surface area contributed by atoms with Crippen molar-refractivity contribution in [1.29, 1.82) is 0 Å². The topological polar surface area (TPSA) is 51.8 Å². The van der Waals surface area contributed by atoms with E-state index in [1.807, 2.05) is 18.2 Å². The second-order valence-electron chi connectivity index (χ2n) is 4.45. The van der Waals surface area contributed by atoms with Crippen LogP contribution in [0.25, 0.3) is 20.9 Å². The Morgan fingerprint density at radius 2 is 2.11 bits per heavy atom. The van der Waals surface area contributed by atoms with Gasteiger partial charge in [-0.2, -0.15) is 0 Å². The lowest BCUT2D eigenvalue weighted by Crippen LogP contribution is -2.09. The molecule has 0 amide bonds. The molecule has 0 fully saturated rings. The number of para-hydroxylation sites is 1. The van der Waals surface area contributed by atoms with Gasteiger partial charge in [-0.1, -0.05) is 25.5 Å². The molecule has 0 aliphatic rings. The van der Waals surface area contributed by atoms with Gasteiger partial charge in [0.1, 0.15) is 15.7 Å². The van der Waals surface area contributed by atoms with Crippen LogP contribution < -0.4 is 5.73 Å². The van der Waals surface area contributed by atoms with Crippen molar-refractivity contribution in [2.75, 3.05) is 0 Å². The van der Waals surface area contributed by atoms with Gasteiger partial charge in [0.05, 0.1) is 16.3 Å². The third-order valence-corrected chi connectivity index (χ3v) is 4.99. The normalized spacial score (nSPS) is 12.9. The van der Waals surface area contributed by atoms with Crippen molar-refractivity contribution in [1.82, 2.24) is 9.97 Å². The zero-order valence-electron chi connectivity index (χ0n) is 10.7. The van der Waals surface area contributed by atoms with Crippen LogP contribution in [0.4, 0.5) is 0 Å². The second-order valence-corrected chi connectivity index (χ2v) is 6.37. The van der Waals surface area contributed by atoms with E-state index in [4.69, 9.17) is 5.73 Å². The van der Waals surface area contributed by atoms with Gasteiger partial charge in [0.25, 0.3) is 0 Å². The molecule has 0 aliphatic heterocycles. The van der Waals surface area contributed by atoms with Crippen LogP contribution in [0.5, 0.6) is 0 Å². The van der Waals surface area contributed by atoms with Crippen molar-refractivity contribution in [2.24, 2.45) is 5.73 Å². The highest BCUT2D eigenvalue weighted by molar-refractivity contribution is 7.21. The molecule has 98 valence electrons. The molecule has 1 aromatic carbocycles. The summed E-state index contributed by atoms with van der Waals surface area (Å²) in [6.07, 6.45) is 2.06. The minimum absolute atomic E-state index is 0.0538. The molecule has 2 N–H and O–H groups in total. The molecule has 2 heterocycles. The number of hydrogen-bond donors (Lipinski definition) is 1. The summed E-state index contributed by atoms with van der Waals surface area (Å²) in [5.74, 6) is 0. The number of hydrogen-bond acceptors (Lipinski definition) is 5. The van der Waals surface area contributed by atoms with E-state index in [1.165, 1.54) is 4.70 Å². The van der Waals surface area contributed by atoms with Crippen molar-refractivity contribution in [3.8, 4) is 10.7 Å². The van der Waals surface area contributed by atoms with Gasteiger partial charge in [-0.15, -0.1) is 22.7 Å². The number of thiazole rings is 2. The van der Waals surface area contributed by atoms with Crippen LogP contribution in [-0.4, -0.2) is 9.97 Å². The minimum atomic E-state index is 0.0538. The van der Waals surface area contributed by atoms with Crippen LogP contribution >= 0.6 is 22.7 Å². The largest absolute Gasteiger partial charge is 0.322 e. The van der Waals surface area contributed by atoms with Gasteiger partial charge < -0.3 is 5.73 Å². The predicted molar refractivity (Wildman–Crippen MR) is 82.6 cm³/mol. The van der Waals surface area contributed by atoms with Crippen molar-refractivity contribution in [2.45, 2.75) is 25.8 Å². The average Bonchev–Trinajstić information content (AvgIpc) is 3.05. The van der Waals surface area contributed by atoms with E-state index in [1.54, 1.807) is 22.7 Å². The SMILES string of the molecule is CCCC(N)c1nc(-c2nc3ccccc3s2)cs1. The van der Waals surface area contributed by atoms with Gasteiger partial charge >= 0.3 is 0 Å². The van der Waals surface area contributed by atoms with Gasteiger partial charge in [-0.3, -0.25) is 0 Å². The Morgan fingerprint density at radius 1 is 1.26 bits per heavy atom. The fraction of sp³-hybridized carbons (Fsp3) is 0.286. The number of nitrogens with two attached hydrogens (primary N) is 1. The maximum absolute atomic E-state index is 6.10. The number of nitrogens with zero attached hydrogens (tertiary/aromatic N) is 2. The Labute approximate surface area is 120 Å². The van der Waals surface area contributed by atoms with E-state index >= 15 is 0 Å². The number of aromatic nitrogens is 2. The molecule has 1 unspecified atom stereocenters.